The number of likely N-dealkylation sites (N-methyl/N-ethyl adjacent to an activating group) is 1. The summed E-state index contributed by atoms with van der Waals surface area (Å²) in [7, 11) is 0.142. The van der Waals surface area contributed by atoms with E-state index < -0.39 is 10.0 Å². The van der Waals surface area contributed by atoms with Crippen LogP contribution >= 0.6 is 0 Å². The van der Waals surface area contributed by atoms with Gasteiger partial charge in [0.05, 0.1) is 18.0 Å². The zero-order valence-electron chi connectivity index (χ0n) is 18.4. The molecule has 0 bridgehead atoms. The zero-order valence-corrected chi connectivity index (χ0v) is 19.2. The van der Waals surface area contributed by atoms with Crippen molar-refractivity contribution in [2.45, 2.75) is 51.1 Å². The van der Waals surface area contributed by atoms with E-state index in [9.17, 15) is 8.42 Å². The molecule has 1 aliphatic carbocycles. The molecular weight excluding hydrogens is 388 g/mol. The lowest BCUT2D eigenvalue weighted by molar-refractivity contribution is 0.115. The monoisotopic (exact) mass is 424 g/mol. The topological polar surface area (TPSA) is 74.2 Å². The van der Waals surface area contributed by atoms with Crippen molar-refractivity contribution in [3.63, 3.8) is 0 Å². The van der Waals surface area contributed by atoms with E-state index in [-0.39, 0.29) is 6.04 Å². The molecular formula is C21H36N4O3S. The Morgan fingerprint density at radius 2 is 1.90 bits per heavy atom. The molecule has 2 rings (SSSR count). The van der Waals surface area contributed by atoms with E-state index in [1.807, 2.05) is 40.0 Å². The van der Waals surface area contributed by atoms with E-state index in [1.165, 1.54) is 17.1 Å². The fraction of sp³-hybridized carbons (Fsp3) is 0.667. The summed E-state index contributed by atoms with van der Waals surface area (Å²) in [6.45, 7) is 9.35. The first kappa shape index (κ1) is 23.6. The molecule has 164 valence electrons. The van der Waals surface area contributed by atoms with E-state index in [4.69, 9.17) is 4.74 Å². The molecule has 1 fully saturated rings. The Morgan fingerprint density at radius 1 is 1.24 bits per heavy atom. The standard InChI is InChI=1S/C21H36N4O3S/c1-6-22-21(24(4)13-14-28-16-19-7-8-19)23-15-18-9-11-20(12-10-18)29(26,27)25(5)17(2)3/h9-12,17,19H,6-8,13-16H2,1-5H3,(H,22,23). The minimum absolute atomic E-state index is 0.0873. The molecule has 8 heteroatoms. The van der Waals surface area contributed by atoms with Crippen LogP contribution in [0.4, 0.5) is 0 Å². The van der Waals surface area contributed by atoms with Gasteiger partial charge in [0, 0.05) is 39.8 Å². The first-order valence-electron chi connectivity index (χ1n) is 10.4. The summed E-state index contributed by atoms with van der Waals surface area (Å²) in [5, 5.41) is 3.30. The minimum atomic E-state index is -3.46. The molecule has 1 N–H and O–H groups in total. The molecule has 7 nitrogen and oxygen atoms in total. The van der Waals surface area contributed by atoms with Gasteiger partial charge in [-0.2, -0.15) is 4.31 Å². The van der Waals surface area contributed by atoms with Crippen molar-refractivity contribution < 1.29 is 13.2 Å². The molecule has 0 spiro atoms. The van der Waals surface area contributed by atoms with Crippen LogP contribution < -0.4 is 5.32 Å². The average molecular weight is 425 g/mol. The van der Waals surface area contributed by atoms with Gasteiger partial charge in [-0.3, -0.25) is 0 Å². The van der Waals surface area contributed by atoms with Gasteiger partial charge in [-0.25, -0.2) is 13.4 Å². The van der Waals surface area contributed by atoms with Crippen molar-refractivity contribution in [3.8, 4) is 0 Å². The van der Waals surface area contributed by atoms with Crippen molar-refractivity contribution in [1.29, 1.82) is 0 Å². The second-order valence-corrected chi connectivity index (χ2v) is 9.87. The van der Waals surface area contributed by atoms with Crippen LogP contribution in [0.15, 0.2) is 34.2 Å². The highest BCUT2D eigenvalue weighted by Gasteiger charge is 2.23. The largest absolute Gasteiger partial charge is 0.379 e. The molecule has 0 amide bonds. The van der Waals surface area contributed by atoms with Crippen LogP contribution in [-0.4, -0.2) is 70.0 Å². The van der Waals surface area contributed by atoms with Crippen LogP contribution in [0.3, 0.4) is 0 Å². The third-order valence-electron chi connectivity index (χ3n) is 5.06. The third-order valence-corrected chi connectivity index (χ3v) is 7.10. The van der Waals surface area contributed by atoms with Crippen LogP contribution in [0.2, 0.25) is 0 Å². The van der Waals surface area contributed by atoms with Gasteiger partial charge in [0.2, 0.25) is 10.0 Å². The number of aliphatic imine (C=N–C) groups is 1. The Labute approximate surface area is 176 Å². The Hall–Kier alpha value is -1.64. The van der Waals surface area contributed by atoms with Gasteiger partial charge in [0.25, 0.3) is 0 Å². The SMILES string of the molecule is CCNC(=NCc1ccc(S(=O)(=O)N(C)C(C)C)cc1)N(C)CCOCC1CC1. The molecule has 1 saturated carbocycles. The highest BCUT2D eigenvalue weighted by Crippen LogP contribution is 2.28. The highest BCUT2D eigenvalue weighted by atomic mass is 32.2. The zero-order chi connectivity index (χ0) is 21.4. The lowest BCUT2D eigenvalue weighted by Gasteiger charge is -2.22. The molecule has 0 saturated heterocycles. The van der Waals surface area contributed by atoms with Gasteiger partial charge in [-0.1, -0.05) is 12.1 Å². The van der Waals surface area contributed by atoms with Crippen LogP contribution in [0.1, 0.15) is 39.2 Å². The van der Waals surface area contributed by atoms with Crippen LogP contribution in [0.25, 0.3) is 0 Å². The summed E-state index contributed by atoms with van der Waals surface area (Å²) in [4.78, 5) is 7.05. The molecule has 1 aromatic rings. The highest BCUT2D eigenvalue weighted by molar-refractivity contribution is 7.89. The summed E-state index contributed by atoms with van der Waals surface area (Å²) in [5.41, 5.74) is 0.963. The molecule has 0 aromatic heterocycles. The van der Waals surface area contributed by atoms with Crippen LogP contribution in [-0.2, 0) is 21.3 Å². The number of guanidine groups is 1. The fourth-order valence-corrected chi connectivity index (χ4v) is 4.06. The van der Waals surface area contributed by atoms with Crippen molar-refractivity contribution >= 4 is 16.0 Å². The summed E-state index contributed by atoms with van der Waals surface area (Å²) >= 11 is 0. The maximum atomic E-state index is 12.6. The maximum absolute atomic E-state index is 12.6. The summed E-state index contributed by atoms with van der Waals surface area (Å²) in [6.07, 6.45) is 2.60. The number of benzene rings is 1. The molecule has 0 radical (unpaired) electrons. The van der Waals surface area contributed by atoms with Crippen molar-refractivity contribution in [1.82, 2.24) is 14.5 Å². The van der Waals surface area contributed by atoms with Gasteiger partial charge < -0.3 is 15.0 Å². The summed E-state index contributed by atoms with van der Waals surface area (Å²) in [6, 6.07) is 6.87. The lowest BCUT2D eigenvalue weighted by atomic mass is 10.2. The van der Waals surface area contributed by atoms with Crippen molar-refractivity contribution in [2.24, 2.45) is 10.9 Å². The molecule has 0 unspecified atom stereocenters. The molecule has 29 heavy (non-hydrogen) atoms. The fourth-order valence-electron chi connectivity index (χ4n) is 2.69. The number of sulfonamides is 1. The average Bonchev–Trinajstić information content (AvgIpc) is 3.52. The predicted octanol–water partition coefficient (Wildman–Crippen LogP) is 2.54. The molecule has 1 aromatic carbocycles. The summed E-state index contributed by atoms with van der Waals surface area (Å²) < 4.78 is 32.2. The Balaban J connectivity index is 1.95. The van der Waals surface area contributed by atoms with Crippen LogP contribution in [0, 0.1) is 5.92 Å². The second kappa shape index (κ2) is 10.9. The predicted molar refractivity (Wildman–Crippen MR) is 118 cm³/mol. The number of nitrogens with zero attached hydrogens (tertiary/aromatic N) is 3. The molecule has 1 aliphatic rings. The van der Waals surface area contributed by atoms with E-state index >= 15 is 0 Å². The van der Waals surface area contributed by atoms with E-state index in [2.05, 4.69) is 15.2 Å². The smallest absolute Gasteiger partial charge is 0.243 e. The van der Waals surface area contributed by atoms with Crippen molar-refractivity contribution in [2.75, 3.05) is 40.4 Å². The van der Waals surface area contributed by atoms with E-state index in [1.54, 1.807) is 19.2 Å². The van der Waals surface area contributed by atoms with Gasteiger partial charge in [0.1, 0.15) is 0 Å². The number of nitrogens with one attached hydrogen (secondary N) is 1. The van der Waals surface area contributed by atoms with Gasteiger partial charge in [-0.15, -0.1) is 0 Å². The minimum Gasteiger partial charge on any atom is -0.379 e. The first-order valence-corrected chi connectivity index (χ1v) is 11.8. The second-order valence-electron chi connectivity index (χ2n) is 7.87. The Morgan fingerprint density at radius 3 is 2.45 bits per heavy atom. The quantitative estimate of drug-likeness (QED) is 0.336. The number of hydrogen-bond donors (Lipinski definition) is 1. The molecule has 0 heterocycles. The maximum Gasteiger partial charge on any atom is 0.243 e. The van der Waals surface area contributed by atoms with Gasteiger partial charge in [-0.05, 0) is 57.2 Å². The third kappa shape index (κ3) is 7.28. The number of hydrogen-bond acceptors (Lipinski definition) is 4. The normalized spacial score (nSPS) is 15.2. The van der Waals surface area contributed by atoms with Gasteiger partial charge >= 0.3 is 0 Å². The Kier molecular flexibility index (Phi) is 8.92. The van der Waals surface area contributed by atoms with Gasteiger partial charge in [0.15, 0.2) is 5.96 Å². The lowest BCUT2D eigenvalue weighted by Crippen LogP contribution is -2.40. The molecule has 0 aliphatic heterocycles. The van der Waals surface area contributed by atoms with Crippen molar-refractivity contribution in [3.05, 3.63) is 29.8 Å². The Bertz CT molecular complexity index is 759. The summed E-state index contributed by atoms with van der Waals surface area (Å²) in [5.74, 6) is 1.59. The van der Waals surface area contributed by atoms with Crippen LogP contribution in [0.5, 0.6) is 0 Å². The van der Waals surface area contributed by atoms with E-state index in [0.717, 1.165) is 37.1 Å². The van der Waals surface area contributed by atoms with E-state index in [0.29, 0.717) is 18.0 Å². The number of ether oxygens (including phenoxy) is 1. The molecule has 0 atom stereocenters. The first-order chi connectivity index (χ1) is 13.8. The number of rotatable bonds is 11.